The van der Waals surface area contributed by atoms with Crippen molar-refractivity contribution in [1.82, 2.24) is 10.2 Å². The fraction of sp³-hybridized carbons (Fsp3) is 0.222. The number of aliphatic carboxylic acids is 1. The van der Waals surface area contributed by atoms with Crippen molar-refractivity contribution >= 4 is 17.7 Å². The smallest absolute Gasteiger partial charge is 0.314 e. The summed E-state index contributed by atoms with van der Waals surface area (Å²) in [5, 5.41) is 16.2. The third-order valence-corrected chi connectivity index (χ3v) is 2.59. The first-order valence-electron chi connectivity index (χ1n) is 4.39. The van der Waals surface area contributed by atoms with Crippen molar-refractivity contribution in [3.63, 3.8) is 0 Å². The molecule has 2 heterocycles. The molecule has 84 valence electrons. The molecule has 0 fully saturated rings. The third-order valence-electron chi connectivity index (χ3n) is 1.78. The fourth-order valence-electron chi connectivity index (χ4n) is 1.08. The van der Waals surface area contributed by atoms with Crippen LogP contribution in [0.15, 0.2) is 26.4 Å². The Labute approximate surface area is 94.7 Å². The number of rotatable bonds is 4. The molecule has 0 spiro atoms. The van der Waals surface area contributed by atoms with Crippen molar-refractivity contribution in [2.75, 3.05) is 5.75 Å². The summed E-state index contributed by atoms with van der Waals surface area (Å²) in [6, 6.07) is 1.78. The molecule has 0 aliphatic heterocycles. The average molecular weight is 240 g/mol. The van der Waals surface area contributed by atoms with Crippen molar-refractivity contribution in [3.05, 3.63) is 17.9 Å². The zero-order valence-corrected chi connectivity index (χ0v) is 9.15. The van der Waals surface area contributed by atoms with E-state index in [4.69, 9.17) is 13.9 Å². The Morgan fingerprint density at radius 1 is 1.56 bits per heavy atom. The molecule has 2 aromatic rings. The standard InChI is InChI=1S/C9H8N2O4S/c1-5-2-3-14-7(5)8-10-11-9(15-8)16-4-6(12)13/h2-3H,4H2,1H3,(H,12,13). The lowest BCUT2D eigenvalue weighted by molar-refractivity contribution is -0.133. The highest BCUT2D eigenvalue weighted by atomic mass is 32.2. The van der Waals surface area contributed by atoms with Gasteiger partial charge in [-0.2, -0.15) is 0 Å². The van der Waals surface area contributed by atoms with Gasteiger partial charge >= 0.3 is 5.97 Å². The molecule has 0 aliphatic rings. The highest BCUT2D eigenvalue weighted by Crippen LogP contribution is 2.25. The molecule has 0 radical (unpaired) electrons. The Hall–Kier alpha value is -1.76. The molecule has 2 aromatic heterocycles. The summed E-state index contributed by atoms with van der Waals surface area (Å²) in [5.74, 6) is -0.275. The van der Waals surface area contributed by atoms with E-state index in [0.29, 0.717) is 5.76 Å². The quantitative estimate of drug-likeness (QED) is 0.815. The van der Waals surface area contributed by atoms with Crippen LogP contribution >= 0.6 is 11.8 Å². The molecule has 0 aliphatic carbocycles. The van der Waals surface area contributed by atoms with Gasteiger partial charge in [0.15, 0.2) is 5.76 Å². The average Bonchev–Trinajstić information content (AvgIpc) is 2.83. The van der Waals surface area contributed by atoms with Crippen LogP contribution in [0.1, 0.15) is 5.56 Å². The van der Waals surface area contributed by atoms with Crippen LogP contribution in [0, 0.1) is 6.92 Å². The minimum Gasteiger partial charge on any atom is -0.481 e. The summed E-state index contributed by atoms with van der Waals surface area (Å²) >= 11 is 0.971. The molecular formula is C9H8N2O4S. The number of hydrogen-bond donors (Lipinski definition) is 1. The zero-order chi connectivity index (χ0) is 11.5. The molecule has 1 N–H and O–H groups in total. The van der Waals surface area contributed by atoms with Gasteiger partial charge in [0.2, 0.25) is 0 Å². The van der Waals surface area contributed by atoms with Gasteiger partial charge in [-0.1, -0.05) is 11.8 Å². The van der Waals surface area contributed by atoms with Gasteiger partial charge < -0.3 is 13.9 Å². The van der Waals surface area contributed by atoms with Crippen LogP contribution in [0.3, 0.4) is 0 Å². The predicted octanol–water partition coefficient (Wildman–Crippen LogP) is 1.81. The van der Waals surface area contributed by atoms with E-state index < -0.39 is 5.97 Å². The normalized spacial score (nSPS) is 10.6. The monoisotopic (exact) mass is 240 g/mol. The number of carboxylic acid groups (broad SMARTS) is 1. The van der Waals surface area contributed by atoms with Gasteiger partial charge in [0.1, 0.15) is 5.75 Å². The highest BCUT2D eigenvalue weighted by Gasteiger charge is 2.14. The summed E-state index contributed by atoms with van der Waals surface area (Å²) in [5.41, 5.74) is 0.887. The van der Waals surface area contributed by atoms with E-state index in [1.807, 2.05) is 6.92 Å². The van der Waals surface area contributed by atoms with Crippen molar-refractivity contribution in [2.45, 2.75) is 12.1 Å². The molecule has 0 bridgehead atoms. The Morgan fingerprint density at radius 2 is 2.38 bits per heavy atom. The summed E-state index contributed by atoms with van der Waals surface area (Å²) in [6.45, 7) is 1.85. The molecule has 16 heavy (non-hydrogen) atoms. The van der Waals surface area contributed by atoms with Crippen LogP contribution in [0.25, 0.3) is 11.7 Å². The third kappa shape index (κ3) is 2.25. The number of aryl methyl sites for hydroxylation is 1. The fourth-order valence-corrected chi connectivity index (χ4v) is 1.56. The molecule has 0 atom stereocenters. The topological polar surface area (TPSA) is 89.4 Å². The van der Waals surface area contributed by atoms with Crippen LogP contribution in [0.2, 0.25) is 0 Å². The van der Waals surface area contributed by atoms with E-state index in [2.05, 4.69) is 10.2 Å². The van der Waals surface area contributed by atoms with Crippen LogP contribution in [-0.4, -0.2) is 27.0 Å². The largest absolute Gasteiger partial charge is 0.481 e. The first-order chi connectivity index (χ1) is 7.66. The van der Waals surface area contributed by atoms with Crippen LogP contribution in [0.5, 0.6) is 0 Å². The van der Waals surface area contributed by atoms with Crippen molar-refractivity contribution < 1.29 is 18.7 Å². The molecule has 0 unspecified atom stereocenters. The van der Waals surface area contributed by atoms with Crippen molar-refractivity contribution in [3.8, 4) is 11.7 Å². The van der Waals surface area contributed by atoms with Crippen molar-refractivity contribution in [1.29, 1.82) is 0 Å². The Bertz CT molecular complexity index is 505. The zero-order valence-electron chi connectivity index (χ0n) is 8.34. The number of furan rings is 1. The summed E-state index contributed by atoms with van der Waals surface area (Å²) < 4.78 is 10.4. The molecule has 0 amide bonds. The lowest BCUT2D eigenvalue weighted by atomic mass is 10.3. The van der Waals surface area contributed by atoms with Gasteiger partial charge in [-0.3, -0.25) is 4.79 Å². The number of thioether (sulfide) groups is 1. The lowest BCUT2D eigenvalue weighted by Crippen LogP contribution is -1.97. The van der Waals surface area contributed by atoms with Crippen LogP contribution in [-0.2, 0) is 4.79 Å². The lowest BCUT2D eigenvalue weighted by Gasteiger charge is -1.90. The van der Waals surface area contributed by atoms with Gasteiger partial charge in [0, 0.05) is 5.56 Å². The van der Waals surface area contributed by atoms with E-state index in [0.717, 1.165) is 17.3 Å². The predicted molar refractivity (Wildman–Crippen MR) is 55.1 cm³/mol. The second kappa shape index (κ2) is 4.40. The Kier molecular flexibility index (Phi) is 2.95. The molecule has 0 saturated carbocycles. The summed E-state index contributed by atoms with van der Waals surface area (Å²) in [4.78, 5) is 10.3. The number of carbonyl (C=O) groups is 1. The maximum absolute atomic E-state index is 10.3. The first-order valence-corrected chi connectivity index (χ1v) is 5.38. The molecule has 7 heteroatoms. The van der Waals surface area contributed by atoms with Gasteiger partial charge in [0.05, 0.1) is 6.26 Å². The van der Waals surface area contributed by atoms with Gasteiger partial charge in [0.25, 0.3) is 11.1 Å². The maximum atomic E-state index is 10.3. The van der Waals surface area contributed by atoms with E-state index in [1.54, 1.807) is 6.07 Å². The van der Waals surface area contributed by atoms with Gasteiger partial charge in [-0.25, -0.2) is 0 Å². The Morgan fingerprint density at radius 3 is 3.00 bits per heavy atom. The van der Waals surface area contributed by atoms with Gasteiger partial charge in [-0.05, 0) is 13.0 Å². The van der Waals surface area contributed by atoms with E-state index in [9.17, 15) is 4.79 Å². The number of hydrogen-bond acceptors (Lipinski definition) is 6. The molecule has 0 saturated heterocycles. The second-order valence-corrected chi connectivity index (χ2v) is 3.91. The van der Waals surface area contributed by atoms with Crippen LogP contribution in [0.4, 0.5) is 0 Å². The van der Waals surface area contributed by atoms with E-state index in [1.165, 1.54) is 6.26 Å². The minimum atomic E-state index is -0.932. The van der Waals surface area contributed by atoms with E-state index in [-0.39, 0.29) is 16.9 Å². The molecule has 2 rings (SSSR count). The molecule has 0 aromatic carbocycles. The maximum Gasteiger partial charge on any atom is 0.314 e. The minimum absolute atomic E-state index is 0.112. The number of carboxylic acids is 1. The molecular weight excluding hydrogens is 232 g/mol. The summed E-state index contributed by atoms with van der Waals surface area (Å²) in [7, 11) is 0. The highest BCUT2D eigenvalue weighted by molar-refractivity contribution is 7.99. The number of aromatic nitrogens is 2. The first kappa shape index (κ1) is 10.7. The number of nitrogens with zero attached hydrogens (tertiary/aromatic N) is 2. The second-order valence-electron chi connectivity index (χ2n) is 2.99. The van der Waals surface area contributed by atoms with Crippen LogP contribution < -0.4 is 0 Å². The van der Waals surface area contributed by atoms with Crippen molar-refractivity contribution in [2.24, 2.45) is 0 Å². The summed E-state index contributed by atoms with van der Waals surface area (Å²) in [6.07, 6.45) is 1.53. The SMILES string of the molecule is Cc1ccoc1-c1nnc(SCC(=O)O)o1. The molecule has 6 nitrogen and oxygen atoms in total. The van der Waals surface area contributed by atoms with E-state index >= 15 is 0 Å². The Balaban J connectivity index is 2.14. The van der Waals surface area contributed by atoms with Gasteiger partial charge in [-0.15, -0.1) is 10.2 Å².